The minimum Gasteiger partial charge on any atom is -0.372 e. The fraction of sp³-hybridized carbons (Fsp3) is 0.455. The summed E-state index contributed by atoms with van der Waals surface area (Å²) in [6, 6.07) is 11.0. The fourth-order valence-corrected chi connectivity index (χ4v) is 4.10. The Bertz CT molecular complexity index is 934. The predicted octanol–water partition coefficient (Wildman–Crippen LogP) is 3.34. The number of aromatic nitrogens is 3. The number of imidazole rings is 1. The Kier molecular flexibility index (Phi) is 5.59. The van der Waals surface area contributed by atoms with Gasteiger partial charge in [0.15, 0.2) is 0 Å². The molecule has 1 aromatic carbocycles. The lowest BCUT2D eigenvalue weighted by Crippen LogP contribution is -2.29. The normalized spacial score (nSPS) is 17.5. The van der Waals surface area contributed by atoms with Gasteiger partial charge in [0.25, 0.3) is 0 Å². The molecule has 3 aromatic rings. The highest BCUT2D eigenvalue weighted by Gasteiger charge is 2.24. The maximum atomic E-state index is 4.96. The molecule has 0 saturated carbocycles. The van der Waals surface area contributed by atoms with Crippen LogP contribution in [0.3, 0.4) is 0 Å². The molecule has 28 heavy (non-hydrogen) atoms. The molecule has 2 aromatic heterocycles. The molecule has 0 saturated heterocycles. The van der Waals surface area contributed by atoms with Gasteiger partial charge >= 0.3 is 0 Å². The van der Waals surface area contributed by atoms with Gasteiger partial charge < -0.3 is 15.2 Å². The molecule has 0 aliphatic heterocycles. The average Bonchev–Trinajstić information content (AvgIpc) is 3.17. The van der Waals surface area contributed by atoms with Crippen molar-refractivity contribution in [2.24, 2.45) is 0 Å². The SMILES string of the molecule is CNCCN(C)c1cccc2[nH]c(C(C)NC3CCCc4cccnc43)nc12. The summed E-state index contributed by atoms with van der Waals surface area (Å²) < 4.78 is 0. The smallest absolute Gasteiger partial charge is 0.124 e. The lowest BCUT2D eigenvalue weighted by atomic mass is 9.91. The van der Waals surface area contributed by atoms with Crippen LogP contribution in [0.25, 0.3) is 11.0 Å². The zero-order valence-electron chi connectivity index (χ0n) is 17.0. The molecule has 4 rings (SSSR count). The van der Waals surface area contributed by atoms with Gasteiger partial charge in [-0.1, -0.05) is 12.1 Å². The van der Waals surface area contributed by atoms with E-state index in [1.807, 2.05) is 19.3 Å². The first-order chi connectivity index (χ1) is 13.7. The van der Waals surface area contributed by atoms with Crippen LogP contribution >= 0.6 is 0 Å². The third-order valence-electron chi connectivity index (χ3n) is 5.67. The number of aryl methyl sites for hydroxylation is 1. The second-order valence-corrected chi connectivity index (χ2v) is 7.70. The number of anilines is 1. The van der Waals surface area contributed by atoms with Crippen LogP contribution in [0.5, 0.6) is 0 Å². The van der Waals surface area contributed by atoms with E-state index in [1.54, 1.807) is 0 Å². The first-order valence-corrected chi connectivity index (χ1v) is 10.2. The highest BCUT2D eigenvalue weighted by atomic mass is 15.1. The molecule has 148 valence electrons. The van der Waals surface area contributed by atoms with Crippen LogP contribution in [0.4, 0.5) is 5.69 Å². The molecule has 1 aliphatic carbocycles. The van der Waals surface area contributed by atoms with Crippen molar-refractivity contribution in [3.8, 4) is 0 Å². The molecule has 0 radical (unpaired) electrons. The number of hydrogen-bond acceptors (Lipinski definition) is 5. The summed E-state index contributed by atoms with van der Waals surface area (Å²) in [4.78, 5) is 15.4. The predicted molar refractivity (Wildman–Crippen MR) is 115 cm³/mol. The van der Waals surface area contributed by atoms with E-state index in [9.17, 15) is 0 Å². The number of hydrogen-bond donors (Lipinski definition) is 3. The van der Waals surface area contributed by atoms with Crippen LogP contribution in [0.2, 0.25) is 0 Å². The number of nitrogens with zero attached hydrogens (tertiary/aromatic N) is 3. The van der Waals surface area contributed by atoms with E-state index in [4.69, 9.17) is 4.98 Å². The number of fused-ring (bicyclic) bond motifs is 2. The molecule has 2 atom stereocenters. The van der Waals surface area contributed by atoms with Crippen LogP contribution in [-0.2, 0) is 6.42 Å². The first-order valence-electron chi connectivity index (χ1n) is 10.2. The van der Waals surface area contributed by atoms with Crippen molar-refractivity contribution >= 4 is 16.7 Å². The molecule has 2 heterocycles. The van der Waals surface area contributed by atoms with Gasteiger partial charge in [-0.15, -0.1) is 0 Å². The number of rotatable bonds is 7. The van der Waals surface area contributed by atoms with Gasteiger partial charge in [-0.2, -0.15) is 0 Å². The maximum absolute atomic E-state index is 4.96. The largest absolute Gasteiger partial charge is 0.372 e. The van der Waals surface area contributed by atoms with E-state index in [-0.39, 0.29) is 12.1 Å². The molecular weight excluding hydrogens is 348 g/mol. The molecule has 3 N–H and O–H groups in total. The first kappa shape index (κ1) is 18.9. The van der Waals surface area contributed by atoms with E-state index in [0.29, 0.717) is 0 Å². The lowest BCUT2D eigenvalue weighted by molar-refractivity contribution is 0.399. The molecule has 0 fully saturated rings. The molecule has 0 amide bonds. The summed E-state index contributed by atoms with van der Waals surface area (Å²) in [5.74, 6) is 0.979. The number of nitrogens with one attached hydrogen (secondary N) is 3. The Labute approximate surface area is 166 Å². The van der Waals surface area contributed by atoms with Crippen molar-refractivity contribution < 1.29 is 0 Å². The highest BCUT2D eigenvalue weighted by Crippen LogP contribution is 2.31. The summed E-state index contributed by atoms with van der Waals surface area (Å²) in [7, 11) is 4.10. The van der Waals surface area contributed by atoms with E-state index in [2.05, 4.69) is 63.7 Å². The highest BCUT2D eigenvalue weighted by molar-refractivity contribution is 5.88. The Balaban J connectivity index is 1.56. The number of para-hydroxylation sites is 1. The van der Waals surface area contributed by atoms with Gasteiger partial charge in [0.2, 0.25) is 0 Å². The summed E-state index contributed by atoms with van der Waals surface area (Å²) in [5.41, 5.74) is 5.85. The molecular formula is C22H30N6. The van der Waals surface area contributed by atoms with Crippen LogP contribution < -0.4 is 15.5 Å². The van der Waals surface area contributed by atoms with Gasteiger partial charge in [-0.3, -0.25) is 10.3 Å². The third-order valence-corrected chi connectivity index (χ3v) is 5.67. The van der Waals surface area contributed by atoms with Crippen LogP contribution in [0.1, 0.15) is 48.9 Å². The standard InChI is InChI=1S/C22H30N6/c1-15(25-17-9-4-7-16-8-6-12-24-20(16)17)22-26-18-10-5-11-19(21(18)27-22)28(3)14-13-23-2/h5-6,8,10-12,15,17,23,25H,4,7,9,13-14H2,1-3H3,(H,26,27). The van der Waals surface area contributed by atoms with Gasteiger partial charge in [-0.05, 0) is 57.0 Å². The molecule has 6 nitrogen and oxygen atoms in total. The van der Waals surface area contributed by atoms with Crippen molar-refractivity contribution in [1.29, 1.82) is 0 Å². The molecule has 0 spiro atoms. The Hall–Kier alpha value is -2.44. The number of pyridine rings is 1. The van der Waals surface area contributed by atoms with Gasteiger partial charge in [0, 0.05) is 26.3 Å². The molecule has 6 heteroatoms. The van der Waals surface area contributed by atoms with E-state index in [1.165, 1.54) is 17.7 Å². The fourth-order valence-electron chi connectivity index (χ4n) is 4.10. The molecule has 2 unspecified atom stereocenters. The number of aromatic amines is 1. The number of H-pyrrole nitrogens is 1. The monoisotopic (exact) mass is 378 g/mol. The average molecular weight is 379 g/mol. The van der Waals surface area contributed by atoms with Crippen molar-refractivity contribution in [1.82, 2.24) is 25.6 Å². The summed E-state index contributed by atoms with van der Waals surface area (Å²) in [6.45, 7) is 4.06. The Morgan fingerprint density at radius 2 is 2.18 bits per heavy atom. The van der Waals surface area contributed by atoms with Crippen LogP contribution in [0.15, 0.2) is 36.5 Å². The molecule has 0 bridgehead atoms. The van der Waals surface area contributed by atoms with Crippen molar-refractivity contribution in [2.45, 2.75) is 38.3 Å². The van der Waals surface area contributed by atoms with Crippen LogP contribution in [0, 0.1) is 0 Å². The van der Waals surface area contributed by atoms with E-state index in [0.717, 1.165) is 48.5 Å². The van der Waals surface area contributed by atoms with E-state index >= 15 is 0 Å². The van der Waals surface area contributed by atoms with Gasteiger partial charge in [0.1, 0.15) is 11.3 Å². The second-order valence-electron chi connectivity index (χ2n) is 7.70. The quantitative estimate of drug-likeness (QED) is 0.588. The van der Waals surface area contributed by atoms with Crippen LogP contribution in [-0.4, -0.2) is 42.1 Å². The lowest BCUT2D eigenvalue weighted by Gasteiger charge is -2.27. The zero-order chi connectivity index (χ0) is 19.5. The maximum Gasteiger partial charge on any atom is 0.124 e. The van der Waals surface area contributed by atoms with E-state index < -0.39 is 0 Å². The summed E-state index contributed by atoms with van der Waals surface area (Å²) in [6.07, 6.45) is 5.34. The second kappa shape index (κ2) is 8.29. The Morgan fingerprint density at radius 3 is 3.04 bits per heavy atom. The summed E-state index contributed by atoms with van der Waals surface area (Å²) in [5, 5.41) is 6.96. The third kappa shape index (κ3) is 3.75. The topological polar surface area (TPSA) is 68.9 Å². The minimum absolute atomic E-state index is 0.126. The number of benzene rings is 1. The van der Waals surface area contributed by atoms with Crippen molar-refractivity contribution in [3.63, 3.8) is 0 Å². The summed E-state index contributed by atoms with van der Waals surface area (Å²) >= 11 is 0. The number of likely N-dealkylation sites (N-methyl/N-ethyl adjacent to an activating group) is 2. The van der Waals surface area contributed by atoms with Crippen molar-refractivity contribution in [2.75, 3.05) is 32.1 Å². The van der Waals surface area contributed by atoms with Gasteiger partial charge in [-0.25, -0.2) is 4.98 Å². The zero-order valence-corrected chi connectivity index (χ0v) is 17.0. The molecule has 1 aliphatic rings. The van der Waals surface area contributed by atoms with Crippen molar-refractivity contribution in [3.05, 3.63) is 53.6 Å². The van der Waals surface area contributed by atoms with Gasteiger partial charge in [0.05, 0.1) is 29.0 Å². The Morgan fingerprint density at radius 1 is 1.29 bits per heavy atom. The minimum atomic E-state index is 0.126.